The molecule has 0 bridgehead atoms. The molecular weight excluding hydrogens is 204 g/mol. The molecule has 14 heavy (non-hydrogen) atoms. The van der Waals surface area contributed by atoms with Crippen LogP contribution >= 0.6 is 11.6 Å². The average Bonchev–Trinajstić information content (AvgIpc) is 2.55. The summed E-state index contributed by atoms with van der Waals surface area (Å²) in [5.74, 6) is -0.121. The van der Waals surface area contributed by atoms with Gasteiger partial charge in [0.15, 0.2) is 5.58 Å². The Morgan fingerprint density at radius 3 is 3.07 bits per heavy atom. The van der Waals surface area contributed by atoms with Gasteiger partial charge in [-0.2, -0.15) is 0 Å². The summed E-state index contributed by atoms with van der Waals surface area (Å²) in [6, 6.07) is 5.05. The molecule has 2 aromatic rings. The molecular formula is C9H9ClN2O2. The average molecular weight is 213 g/mol. The molecule has 1 aromatic heterocycles. The Labute approximate surface area is 84.7 Å². The number of benzene rings is 1. The van der Waals surface area contributed by atoms with Gasteiger partial charge in [0, 0.05) is 11.9 Å². The minimum atomic E-state index is -0.461. The number of aromatic amines is 1. The predicted molar refractivity (Wildman–Crippen MR) is 54.5 cm³/mol. The Bertz CT molecular complexity index is 503. The highest BCUT2D eigenvalue weighted by Gasteiger charge is 2.07. The lowest BCUT2D eigenvalue weighted by molar-refractivity contribution is 0.555. The van der Waals surface area contributed by atoms with Crippen molar-refractivity contribution in [3.8, 4) is 0 Å². The van der Waals surface area contributed by atoms with E-state index in [1.54, 1.807) is 18.2 Å². The fourth-order valence-corrected chi connectivity index (χ4v) is 1.47. The predicted octanol–water partition coefficient (Wildman–Crippen LogP) is 1.36. The molecule has 0 fully saturated rings. The summed E-state index contributed by atoms with van der Waals surface area (Å²) in [6.45, 7) is 0. The molecule has 1 heterocycles. The number of rotatable bonds is 2. The third kappa shape index (κ3) is 1.54. The first-order chi connectivity index (χ1) is 6.70. The maximum absolute atomic E-state index is 10.9. The summed E-state index contributed by atoms with van der Waals surface area (Å²) >= 11 is 5.62. The van der Waals surface area contributed by atoms with Crippen molar-refractivity contribution in [2.75, 3.05) is 5.88 Å². The number of halogens is 1. The molecule has 0 aliphatic rings. The number of hydrogen-bond acceptors (Lipinski definition) is 3. The highest BCUT2D eigenvalue weighted by Crippen LogP contribution is 2.17. The number of oxazole rings is 1. The number of aromatic nitrogens is 1. The molecule has 4 nitrogen and oxygen atoms in total. The maximum Gasteiger partial charge on any atom is 0.417 e. The molecule has 74 valence electrons. The summed E-state index contributed by atoms with van der Waals surface area (Å²) in [7, 11) is 0. The normalized spacial score (nSPS) is 13.3. The first-order valence-electron chi connectivity index (χ1n) is 4.15. The van der Waals surface area contributed by atoms with Crippen LogP contribution in [0, 0.1) is 0 Å². The molecule has 0 saturated carbocycles. The second-order valence-electron chi connectivity index (χ2n) is 3.03. The van der Waals surface area contributed by atoms with E-state index in [1.165, 1.54) is 0 Å². The molecule has 0 saturated heterocycles. The van der Waals surface area contributed by atoms with Crippen LogP contribution in [0.15, 0.2) is 27.4 Å². The van der Waals surface area contributed by atoms with Crippen molar-refractivity contribution in [3.05, 3.63) is 34.3 Å². The van der Waals surface area contributed by atoms with Crippen LogP contribution in [-0.4, -0.2) is 10.9 Å². The first kappa shape index (κ1) is 9.30. The van der Waals surface area contributed by atoms with Gasteiger partial charge in [-0.05, 0) is 17.7 Å². The van der Waals surface area contributed by atoms with Crippen LogP contribution in [0.2, 0.25) is 0 Å². The zero-order chi connectivity index (χ0) is 10.1. The number of nitrogens with two attached hydrogens (primary N) is 1. The topological polar surface area (TPSA) is 72.0 Å². The second-order valence-corrected chi connectivity index (χ2v) is 3.34. The lowest BCUT2D eigenvalue weighted by atomic mass is 10.1. The van der Waals surface area contributed by atoms with Gasteiger partial charge in [0.1, 0.15) is 0 Å². The van der Waals surface area contributed by atoms with E-state index in [0.29, 0.717) is 17.0 Å². The fourth-order valence-electron chi connectivity index (χ4n) is 1.29. The van der Waals surface area contributed by atoms with Crippen molar-refractivity contribution in [1.82, 2.24) is 4.98 Å². The molecule has 3 N–H and O–H groups in total. The van der Waals surface area contributed by atoms with Gasteiger partial charge in [0.25, 0.3) is 0 Å². The molecule has 1 aromatic carbocycles. The van der Waals surface area contributed by atoms with E-state index in [9.17, 15) is 4.79 Å². The monoisotopic (exact) mass is 212 g/mol. The Kier molecular flexibility index (Phi) is 2.31. The van der Waals surface area contributed by atoms with Crippen molar-refractivity contribution in [2.24, 2.45) is 5.73 Å². The summed E-state index contributed by atoms with van der Waals surface area (Å²) in [5.41, 5.74) is 7.79. The molecule has 1 unspecified atom stereocenters. The van der Waals surface area contributed by atoms with Crippen molar-refractivity contribution in [1.29, 1.82) is 0 Å². The summed E-state index contributed by atoms with van der Waals surface area (Å²) in [6.07, 6.45) is 0. The van der Waals surface area contributed by atoms with E-state index < -0.39 is 5.76 Å². The highest BCUT2D eigenvalue weighted by atomic mass is 35.5. The third-order valence-corrected chi connectivity index (χ3v) is 2.37. The van der Waals surface area contributed by atoms with Gasteiger partial charge in [-0.25, -0.2) is 4.79 Å². The number of fused-ring (bicyclic) bond motifs is 1. The van der Waals surface area contributed by atoms with Crippen LogP contribution in [0.4, 0.5) is 0 Å². The second kappa shape index (κ2) is 3.48. The highest BCUT2D eigenvalue weighted by molar-refractivity contribution is 6.18. The van der Waals surface area contributed by atoms with E-state index >= 15 is 0 Å². The minimum absolute atomic E-state index is 0.223. The van der Waals surface area contributed by atoms with Gasteiger partial charge in [-0.3, -0.25) is 4.98 Å². The minimum Gasteiger partial charge on any atom is -0.408 e. The van der Waals surface area contributed by atoms with E-state index in [4.69, 9.17) is 21.8 Å². The molecule has 0 amide bonds. The van der Waals surface area contributed by atoms with Crippen LogP contribution in [0.3, 0.4) is 0 Å². The molecule has 0 aliphatic carbocycles. The SMILES string of the molecule is NC(CCl)c1ccc2oc(=O)[nH]c2c1. The van der Waals surface area contributed by atoms with E-state index in [-0.39, 0.29) is 6.04 Å². The molecule has 1 atom stereocenters. The van der Waals surface area contributed by atoms with Crippen LogP contribution in [0.5, 0.6) is 0 Å². The maximum atomic E-state index is 10.9. The van der Waals surface area contributed by atoms with Crippen molar-refractivity contribution < 1.29 is 4.42 Å². The van der Waals surface area contributed by atoms with Crippen LogP contribution < -0.4 is 11.5 Å². The van der Waals surface area contributed by atoms with E-state index in [1.807, 2.05) is 0 Å². The zero-order valence-corrected chi connectivity index (χ0v) is 8.04. The van der Waals surface area contributed by atoms with Crippen molar-refractivity contribution in [2.45, 2.75) is 6.04 Å². The number of alkyl halides is 1. The number of H-pyrrole nitrogens is 1. The van der Waals surface area contributed by atoms with Crippen LogP contribution in [0.1, 0.15) is 11.6 Å². The number of nitrogens with one attached hydrogen (secondary N) is 1. The fraction of sp³-hybridized carbons (Fsp3) is 0.222. The van der Waals surface area contributed by atoms with Gasteiger partial charge in [-0.15, -0.1) is 11.6 Å². The van der Waals surface area contributed by atoms with Gasteiger partial charge in [0.05, 0.1) is 5.52 Å². The van der Waals surface area contributed by atoms with Gasteiger partial charge in [-0.1, -0.05) is 6.07 Å². The molecule has 0 spiro atoms. The Hall–Kier alpha value is -1.26. The standard InChI is InChI=1S/C9H9ClN2O2/c10-4-6(11)5-1-2-8-7(3-5)12-9(13)14-8/h1-3,6H,4,11H2,(H,12,13). The van der Waals surface area contributed by atoms with Crippen molar-refractivity contribution >= 4 is 22.7 Å². The Morgan fingerprint density at radius 1 is 1.57 bits per heavy atom. The van der Waals surface area contributed by atoms with E-state index in [2.05, 4.69) is 4.98 Å². The molecule has 5 heteroatoms. The van der Waals surface area contributed by atoms with E-state index in [0.717, 1.165) is 5.56 Å². The quantitative estimate of drug-likeness (QED) is 0.739. The molecule has 2 rings (SSSR count). The van der Waals surface area contributed by atoms with Gasteiger partial charge < -0.3 is 10.2 Å². The summed E-state index contributed by atoms with van der Waals surface area (Å²) < 4.78 is 4.85. The largest absolute Gasteiger partial charge is 0.417 e. The Balaban J connectivity index is 2.55. The van der Waals surface area contributed by atoms with Crippen LogP contribution in [0.25, 0.3) is 11.1 Å². The lowest BCUT2D eigenvalue weighted by Crippen LogP contribution is -2.11. The number of hydrogen-bond donors (Lipinski definition) is 2. The molecule has 0 aliphatic heterocycles. The Morgan fingerprint density at radius 2 is 2.36 bits per heavy atom. The summed E-state index contributed by atoms with van der Waals surface area (Å²) in [5, 5.41) is 0. The van der Waals surface area contributed by atoms with Gasteiger partial charge >= 0.3 is 5.76 Å². The zero-order valence-electron chi connectivity index (χ0n) is 7.29. The smallest absolute Gasteiger partial charge is 0.408 e. The third-order valence-electron chi connectivity index (χ3n) is 2.04. The lowest BCUT2D eigenvalue weighted by Gasteiger charge is -2.06. The van der Waals surface area contributed by atoms with Crippen molar-refractivity contribution in [3.63, 3.8) is 0 Å². The molecule has 0 radical (unpaired) electrons. The van der Waals surface area contributed by atoms with Gasteiger partial charge in [0.2, 0.25) is 0 Å². The summed E-state index contributed by atoms with van der Waals surface area (Å²) in [4.78, 5) is 13.4. The first-order valence-corrected chi connectivity index (χ1v) is 4.68. The van der Waals surface area contributed by atoms with Crippen LogP contribution in [-0.2, 0) is 0 Å².